The highest BCUT2D eigenvalue weighted by atomic mass is 32.2. The zero-order valence-corrected chi connectivity index (χ0v) is 18.8. The van der Waals surface area contributed by atoms with Crippen LogP contribution in [0.3, 0.4) is 0 Å². The number of ether oxygens (including phenoxy) is 1. The van der Waals surface area contributed by atoms with E-state index in [1.165, 1.54) is 9.36 Å². The molecule has 0 N–H and O–H groups in total. The molecule has 0 aliphatic rings. The molecule has 0 aliphatic heterocycles. The van der Waals surface area contributed by atoms with Crippen molar-refractivity contribution < 1.29 is 4.74 Å². The predicted octanol–water partition coefficient (Wildman–Crippen LogP) is 4.01. The second-order valence-corrected chi connectivity index (χ2v) is 8.75. The molecule has 0 fully saturated rings. The van der Waals surface area contributed by atoms with Crippen LogP contribution < -0.4 is 10.4 Å². The monoisotopic (exact) mass is 439 g/mol. The lowest BCUT2D eigenvalue weighted by molar-refractivity contribution is 0.302. The fourth-order valence-electron chi connectivity index (χ4n) is 3.14. The summed E-state index contributed by atoms with van der Waals surface area (Å²) in [6, 6.07) is 11.8. The molecule has 30 heavy (non-hydrogen) atoms. The van der Waals surface area contributed by atoms with Crippen molar-refractivity contribution in [2.24, 2.45) is 7.05 Å². The molecule has 0 saturated carbocycles. The fourth-order valence-corrected chi connectivity index (χ4v) is 4.41. The van der Waals surface area contributed by atoms with E-state index in [9.17, 15) is 4.79 Å². The van der Waals surface area contributed by atoms with E-state index in [-0.39, 0.29) is 5.69 Å². The van der Waals surface area contributed by atoms with Gasteiger partial charge in [0.2, 0.25) is 0 Å². The molecule has 0 radical (unpaired) electrons. The van der Waals surface area contributed by atoms with Crippen molar-refractivity contribution in [1.29, 1.82) is 0 Å². The largest absolute Gasteiger partial charge is 0.489 e. The smallest absolute Gasteiger partial charge is 0.368 e. The number of benzene rings is 2. The van der Waals surface area contributed by atoms with Crippen molar-refractivity contribution in [2.75, 3.05) is 6.26 Å². The number of thiazole rings is 1. The van der Waals surface area contributed by atoms with Crippen LogP contribution in [0.15, 0.2) is 50.9 Å². The second kappa shape index (κ2) is 8.45. The van der Waals surface area contributed by atoms with Crippen molar-refractivity contribution in [3.8, 4) is 22.7 Å². The molecule has 0 unspecified atom stereocenters. The first-order valence-corrected chi connectivity index (χ1v) is 11.4. The number of nitrogens with zero attached hydrogens (tertiary/aromatic N) is 5. The Morgan fingerprint density at radius 1 is 1.13 bits per heavy atom. The van der Waals surface area contributed by atoms with Crippen molar-refractivity contribution in [1.82, 2.24) is 24.8 Å². The van der Waals surface area contributed by atoms with Gasteiger partial charge < -0.3 is 4.74 Å². The summed E-state index contributed by atoms with van der Waals surface area (Å²) in [5.41, 5.74) is 5.36. The topological polar surface area (TPSA) is 74.8 Å². The van der Waals surface area contributed by atoms with Crippen LogP contribution in [0.2, 0.25) is 0 Å². The number of aryl methyl sites for hydroxylation is 3. The molecular formula is C21H21N5O2S2. The average Bonchev–Trinajstić information content (AvgIpc) is 3.35. The fraction of sp³-hybridized carbons (Fsp3) is 0.238. The lowest BCUT2D eigenvalue weighted by Gasteiger charge is -2.14. The van der Waals surface area contributed by atoms with Gasteiger partial charge in [-0.25, -0.2) is 9.78 Å². The van der Waals surface area contributed by atoms with Crippen LogP contribution >= 0.6 is 23.1 Å². The van der Waals surface area contributed by atoms with Gasteiger partial charge in [0, 0.05) is 23.6 Å². The van der Waals surface area contributed by atoms with Gasteiger partial charge in [0.1, 0.15) is 16.7 Å². The number of hydrogen-bond acceptors (Lipinski definition) is 7. The van der Waals surface area contributed by atoms with Gasteiger partial charge in [0.05, 0.1) is 11.4 Å². The molecule has 9 heteroatoms. The zero-order valence-electron chi connectivity index (χ0n) is 17.1. The summed E-state index contributed by atoms with van der Waals surface area (Å²) in [6.07, 6.45) is 2.03. The van der Waals surface area contributed by atoms with Gasteiger partial charge in [-0.15, -0.1) is 11.3 Å². The van der Waals surface area contributed by atoms with Crippen LogP contribution in [0.4, 0.5) is 0 Å². The summed E-state index contributed by atoms with van der Waals surface area (Å²) in [4.78, 5) is 16.9. The highest BCUT2D eigenvalue weighted by Gasteiger charge is 2.14. The number of rotatable bonds is 6. The third kappa shape index (κ3) is 3.90. The Labute approximate surface area is 182 Å². The van der Waals surface area contributed by atoms with Gasteiger partial charge >= 0.3 is 5.69 Å². The molecule has 2 aromatic heterocycles. The third-order valence-corrected chi connectivity index (χ3v) is 6.70. The Hall–Kier alpha value is -2.91. The Kier molecular flexibility index (Phi) is 5.74. The van der Waals surface area contributed by atoms with Crippen LogP contribution in [-0.4, -0.2) is 31.0 Å². The van der Waals surface area contributed by atoms with Gasteiger partial charge in [0.15, 0.2) is 0 Å². The number of aromatic nitrogens is 5. The molecule has 0 amide bonds. The number of hydrogen-bond donors (Lipinski definition) is 0. The molecule has 2 heterocycles. The summed E-state index contributed by atoms with van der Waals surface area (Å²) in [6.45, 7) is 4.33. The van der Waals surface area contributed by atoms with E-state index in [1.54, 1.807) is 30.1 Å². The van der Waals surface area contributed by atoms with Crippen LogP contribution in [-0.2, 0) is 13.7 Å². The molecule has 2 aromatic carbocycles. The van der Waals surface area contributed by atoms with Gasteiger partial charge in [-0.3, -0.25) is 0 Å². The summed E-state index contributed by atoms with van der Waals surface area (Å²) in [5, 5.41) is 9.85. The quantitative estimate of drug-likeness (QED) is 0.423. The first kappa shape index (κ1) is 20.4. The van der Waals surface area contributed by atoms with Gasteiger partial charge in [-0.1, -0.05) is 23.9 Å². The van der Waals surface area contributed by atoms with Crippen LogP contribution in [0.5, 0.6) is 5.75 Å². The van der Waals surface area contributed by atoms with Crippen molar-refractivity contribution >= 4 is 23.1 Å². The summed E-state index contributed by atoms with van der Waals surface area (Å²) >= 11 is 3.29. The number of thioether (sulfide) groups is 1. The van der Waals surface area contributed by atoms with Crippen molar-refractivity contribution in [2.45, 2.75) is 24.8 Å². The normalized spacial score (nSPS) is 11.1. The molecule has 0 atom stereocenters. The molecule has 0 spiro atoms. The van der Waals surface area contributed by atoms with E-state index in [1.807, 2.05) is 50.4 Å². The van der Waals surface area contributed by atoms with E-state index in [0.29, 0.717) is 12.3 Å². The zero-order chi connectivity index (χ0) is 21.3. The Morgan fingerprint density at radius 3 is 2.63 bits per heavy atom. The lowest BCUT2D eigenvalue weighted by atomic mass is 10.1. The second-order valence-electron chi connectivity index (χ2n) is 6.84. The first-order valence-electron chi connectivity index (χ1n) is 9.29. The van der Waals surface area contributed by atoms with Crippen LogP contribution in [0.25, 0.3) is 16.9 Å². The standard InChI is InChI=1S/C21H21N5O2S2/c1-13-6-5-7-18(26-21(27)25(3)23-24-26)16(13)11-28-19-9-8-15(10-14(19)2)17-12-30-20(22-17)29-4/h5-10,12H,11H2,1-4H3. The van der Waals surface area contributed by atoms with E-state index in [0.717, 1.165) is 38.0 Å². The van der Waals surface area contributed by atoms with Crippen molar-refractivity contribution in [3.05, 3.63) is 69.0 Å². The summed E-state index contributed by atoms with van der Waals surface area (Å²) in [7, 11) is 1.58. The molecule has 0 aliphatic carbocycles. The molecule has 154 valence electrons. The lowest BCUT2D eigenvalue weighted by Crippen LogP contribution is -2.23. The minimum atomic E-state index is -0.296. The molecular weight excluding hydrogens is 418 g/mol. The minimum absolute atomic E-state index is 0.296. The van der Waals surface area contributed by atoms with Gasteiger partial charge in [-0.2, -0.15) is 9.36 Å². The summed E-state index contributed by atoms with van der Waals surface area (Å²) in [5.74, 6) is 0.791. The maximum absolute atomic E-state index is 12.3. The molecule has 0 bridgehead atoms. The average molecular weight is 440 g/mol. The minimum Gasteiger partial charge on any atom is -0.489 e. The highest BCUT2D eigenvalue weighted by Crippen LogP contribution is 2.30. The predicted molar refractivity (Wildman–Crippen MR) is 120 cm³/mol. The van der Waals surface area contributed by atoms with E-state index in [4.69, 9.17) is 4.74 Å². The Balaban J connectivity index is 1.60. The number of tetrazole rings is 1. The molecule has 4 rings (SSSR count). The SMILES string of the molecule is CSc1nc(-c2ccc(OCc3c(C)cccc3-n3nnn(C)c3=O)c(C)c2)cs1. The third-order valence-electron chi connectivity index (χ3n) is 4.84. The van der Waals surface area contributed by atoms with E-state index in [2.05, 4.69) is 26.9 Å². The van der Waals surface area contributed by atoms with Crippen molar-refractivity contribution in [3.63, 3.8) is 0 Å². The highest BCUT2D eigenvalue weighted by molar-refractivity contribution is 8.00. The van der Waals surface area contributed by atoms with E-state index >= 15 is 0 Å². The van der Waals surface area contributed by atoms with Crippen LogP contribution in [0.1, 0.15) is 16.7 Å². The van der Waals surface area contributed by atoms with Gasteiger partial charge in [0.25, 0.3) is 0 Å². The maximum atomic E-state index is 12.3. The molecule has 4 aromatic rings. The maximum Gasteiger partial charge on any atom is 0.368 e. The molecule has 7 nitrogen and oxygen atoms in total. The van der Waals surface area contributed by atoms with Gasteiger partial charge in [-0.05, 0) is 65.9 Å². The molecule has 0 saturated heterocycles. The van der Waals surface area contributed by atoms with Crippen LogP contribution in [0, 0.1) is 13.8 Å². The van der Waals surface area contributed by atoms with E-state index < -0.39 is 0 Å². The summed E-state index contributed by atoms with van der Waals surface area (Å²) < 4.78 is 9.69. The Bertz CT molecular complexity index is 1260. The first-order chi connectivity index (χ1) is 14.5. The Morgan fingerprint density at radius 2 is 1.97 bits per heavy atom.